The molecule has 3 rings (SSSR count). The number of rotatable bonds is 2. The number of hydrogen-bond acceptors (Lipinski definition) is 1. The standard InChI is InChI=1S/C19H34OSi/c1-13-9-11-18(5,6)16-15-14(10-12-19(13,15)16)20-21(7,8)17(2,3)4/h9,14-16H,10-12H2,1-8H3/t14-,15-,16+,19+/m1/s1. The Morgan fingerprint density at radius 1 is 1.24 bits per heavy atom. The molecule has 0 heterocycles. The van der Waals surface area contributed by atoms with Gasteiger partial charge in [0.05, 0.1) is 0 Å². The molecule has 0 aromatic carbocycles. The van der Waals surface area contributed by atoms with Gasteiger partial charge in [-0.3, -0.25) is 0 Å². The second kappa shape index (κ2) is 4.26. The monoisotopic (exact) mass is 306 g/mol. The van der Waals surface area contributed by atoms with Crippen molar-refractivity contribution in [3.05, 3.63) is 11.6 Å². The number of hydrogen-bond donors (Lipinski definition) is 0. The van der Waals surface area contributed by atoms with Crippen molar-refractivity contribution in [1.82, 2.24) is 0 Å². The fraction of sp³-hybridized carbons (Fsp3) is 0.895. The van der Waals surface area contributed by atoms with Crippen molar-refractivity contribution in [1.29, 1.82) is 0 Å². The lowest BCUT2D eigenvalue weighted by Gasteiger charge is -2.40. The van der Waals surface area contributed by atoms with Gasteiger partial charge in [0.2, 0.25) is 0 Å². The van der Waals surface area contributed by atoms with Crippen molar-refractivity contribution in [3.8, 4) is 0 Å². The highest BCUT2D eigenvalue weighted by Gasteiger charge is 2.75. The van der Waals surface area contributed by atoms with Gasteiger partial charge in [-0.25, -0.2) is 0 Å². The molecular formula is C19H34OSi. The van der Waals surface area contributed by atoms with Crippen LogP contribution in [0.5, 0.6) is 0 Å². The van der Waals surface area contributed by atoms with E-state index in [0.29, 0.717) is 22.0 Å². The first-order valence-electron chi connectivity index (χ1n) is 8.78. The molecule has 2 heteroatoms. The summed E-state index contributed by atoms with van der Waals surface area (Å²) in [5.41, 5.74) is 2.67. The zero-order valence-electron chi connectivity index (χ0n) is 15.3. The molecule has 2 fully saturated rings. The van der Waals surface area contributed by atoms with Gasteiger partial charge >= 0.3 is 0 Å². The summed E-state index contributed by atoms with van der Waals surface area (Å²) in [6.07, 6.45) is 6.97. The topological polar surface area (TPSA) is 9.23 Å². The first kappa shape index (κ1) is 15.8. The van der Waals surface area contributed by atoms with E-state index in [1.807, 2.05) is 0 Å². The Morgan fingerprint density at radius 2 is 1.86 bits per heavy atom. The molecular weight excluding hydrogens is 272 g/mol. The maximum absolute atomic E-state index is 6.86. The quantitative estimate of drug-likeness (QED) is 0.464. The van der Waals surface area contributed by atoms with Crippen LogP contribution >= 0.6 is 0 Å². The van der Waals surface area contributed by atoms with Crippen LogP contribution in [-0.4, -0.2) is 14.4 Å². The lowest BCUT2D eigenvalue weighted by molar-refractivity contribution is 0.132. The fourth-order valence-electron chi connectivity index (χ4n) is 5.21. The highest BCUT2D eigenvalue weighted by molar-refractivity contribution is 6.74. The summed E-state index contributed by atoms with van der Waals surface area (Å²) < 4.78 is 6.86. The van der Waals surface area contributed by atoms with Crippen LogP contribution in [0.25, 0.3) is 0 Å². The minimum Gasteiger partial charge on any atom is -0.414 e. The Bertz CT molecular complexity index is 482. The van der Waals surface area contributed by atoms with Crippen LogP contribution in [0.15, 0.2) is 11.6 Å². The van der Waals surface area contributed by atoms with Crippen molar-refractivity contribution in [2.45, 2.75) is 85.0 Å². The molecule has 0 aromatic heterocycles. The van der Waals surface area contributed by atoms with Crippen LogP contribution in [0.3, 0.4) is 0 Å². The minimum absolute atomic E-state index is 0.323. The molecule has 0 aromatic rings. The van der Waals surface area contributed by atoms with Gasteiger partial charge in [0.15, 0.2) is 8.32 Å². The normalized spacial score (nSPS) is 41.3. The van der Waals surface area contributed by atoms with Gasteiger partial charge in [-0.2, -0.15) is 0 Å². The Morgan fingerprint density at radius 3 is 2.38 bits per heavy atom. The molecule has 3 aliphatic rings. The predicted octanol–water partition coefficient (Wildman–Crippen LogP) is 5.78. The van der Waals surface area contributed by atoms with E-state index in [1.54, 1.807) is 5.57 Å². The van der Waals surface area contributed by atoms with Crippen molar-refractivity contribution in [2.24, 2.45) is 22.7 Å². The average Bonchev–Trinajstić information content (AvgIpc) is 2.91. The highest BCUT2D eigenvalue weighted by Crippen LogP contribution is 2.79. The van der Waals surface area contributed by atoms with E-state index in [4.69, 9.17) is 4.43 Å². The lowest BCUT2D eigenvalue weighted by Crippen LogP contribution is -2.44. The van der Waals surface area contributed by atoms with E-state index in [1.165, 1.54) is 19.3 Å². The van der Waals surface area contributed by atoms with E-state index in [0.717, 1.165) is 11.8 Å². The zero-order valence-corrected chi connectivity index (χ0v) is 16.3. The molecule has 0 amide bonds. The molecule has 3 aliphatic carbocycles. The van der Waals surface area contributed by atoms with E-state index < -0.39 is 8.32 Å². The van der Waals surface area contributed by atoms with Crippen molar-refractivity contribution < 1.29 is 4.43 Å². The summed E-state index contributed by atoms with van der Waals surface area (Å²) in [6.45, 7) is 19.2. The smallest absolute Gasteiger partial charge is 0.192 e. The van der Waals surface area contributed by atoms with Gasteiger partial charge in [0.25, 0.3) is 0 Å². The molecule has 1 spiro atoms. The summed E-state index contributed by atoms with van der Waals surface area (Å²) in [7, 11) is -1.64. The predicted molar refractivity (Wildman–Crippen MR) is 92.9 cm³/mol. The van der Waals surface area contributed by atoms with Crippen LogP contribution in [0.4, 0.5) is 0 Å². The number of allylic oxidation sites excluding steroid dienone is 2. The summed E-state index contributed by atoms with van der Waals surface area (Å²) >= 11 is 0. The van der Waals surface area contributed by atoms with Crippen LogP contribution in [0.1, 0.15) is 60.8 Å². The van der Waals surface area contributed by atoms with Gasteiger partial charge in [0.1, 0.15) is 0 Å². The molecule has 2 saturated carbocycles. The molecule has 0 aliphatic heterocycles. The minimum atomic E-state index is -1.64. The summed E-state index contributed by atoms with van der Waals surface area (Å²) in [4.78, 5) is 0. The van der Waals surface area contributed by atoms with E-state index in [2.05, 4.69) is 60.7 Å². The summed E-state index contributed by atoms with van der Waals surface area (Å²) in [5.74, 6) is 1.68. The van der Waals surface area contributed by atoms with E-state index in [9.17, 15) is 0 Å². The van der Waals surface area contributed by atoms with Crippen LogP contribution in [0.2, 0.25) is 18.1 Å². The van der Waals surface area contributed by atoms with Crippen LogP contribution in [-0.2, 0) is 4.43 Å². The Balaban J connectivity index is 1.83. The second-order valence-electron chi connectivity index (χ2n) is 10.1. The molecule has 0 radical (unpaired) electrons. The van der Waals surface area contributed by atoms with Crippen molar-refractivity contribution in [2.75, 3.05) is 0 Å². The lowest BCUT2D eigenvalue weighted by atomic mass is 9.71. The van der Waals surface area contributed by atoms with E-state index >= 15 is 0 Å². The van der Waals surface area contributed by atoms with Crippen LogP contribution in [0, 0.1) is 22.7 Å². The summed E-state index contributed by atoms with van der Waals surface area (Å²) in [5, 5.41) is 0.323. The third kappa shape index (κ3) is 2.04. The SMILES string of the molecule is CC1=CCC(C)(C)[C@@H]2[C@H]3[C@H](O[Si](C)(C)C(C)(C)C)CC[C@]132. The van der Waals surface area contributed by atoms with Crippen LogP contribution < -0.4 is 0 Å². The average molecular weight is 307 g/mol. The summed E-state index contributed by atoms with van der Waals surface area (Å²) in [6, 6.07) is 0. The molecule has 4 atom stereocenters. The maximum atomic E-state index is 6.86. The number of fused-ring (bicyclic) bond motifs is 1. The molecule has 0 saturated heterocycles. The third-order valence-electron chi connectivity index (χ3n) is 7.41. The van der Waals surface area contributed by atoms with E-state index in [-0.39, 0.29) is 0 Å². The Hall–Kier alpha value is -0.0831. The Kier molecular flexibility index (Phi) is 3.20. The zero-order chi connectivity index (χ0) is 15.8. The first-order valence-corrected chi connectivity index (χ1v) is 11.7. The molecule has 0 bridgehead atoms. The fourth-order valence-corrected chi connectivity index (χ4v) is 6.58. The largest absolute Gasteiger partial charge is 0.414 e. The highest BCUT2D eigenvalue weighted by atomic mass is 28.4. The van der Waals surface area contributed by atoms with Gasteiger partial charge in [-0.1, -0.05) is 46.3 Å². The molecule has 21 heavy (non-hydrogen) atoms. The molecule has 120 valence electrons. The van der Waals surface area contributed by atoms with Gasteiger partial charge in [0, 0.05) is 11.5 Å². The maximum Gasteiger partial charge on any atom is 0.192 e. The molecule has 1 nitrogen and oxygen atoms in total. The Labute approximate surface area is 132 Å². The van der Waals surface area contributed by atoms with Crippen molar-refractivity contribution >= 4 is 8.32 Å². The first-order chi connectivity index (χ1) is 9.43. The van der Waals surface area contributed by atoms with Gasteiger partial charge in [-0.15, -0.1) is 0 Å². The third-order valence-corrected chi connectivity index (χ3v) is 11.9. The van der Waals surface area contributed by atoms with Crippen molar-refractivity contribution in [3.63, 3.8) is 0 Å². The molecule has 0 N–H and O–H groups in total. The van der Waals surface area contributed by atoms with Gasteiger partial charge in [-0.05, 0) is 61.6 Å². The van der Waals surface area contributed by atoms with Gasteiger partial charge < -0.3 is 4.43 Å². The second-order valence-corrected chi connectivity index (χ2v) is 14.8. The molecule has 0 unspecified atom stereocenters.